The summed E-state index contributed by atoms with van der Waals surface area (Å²) in [6, 6.07) is 17.3. The molecule has 1 fully saturated rings. The molecule has 0 spiro atoms. The van der Waals surface area contributed by atoms with Crippen molar-refractivity contribution in [3.05, 3.63) is 59.7 Å². The minimum Gasteiger partial charge on any atom is -0.376 e. The summed E-state index contributed by atoms with van der Waals surface area (Å²) in [5.74, 6) is 0.699. The van der Waals surface area contributed by atoms with E-state index in [9.17, 15) is 0 Å². The van der Waals surface area contributed by atoms with E-state index in [1.165, 1.54) is 11.1 Å². The number of nitrogens with zero attached hydrogens (tertiary/aromatic N) is 4. The van der Waals surface area contributed by atoms with Gasteiger partial charge in [0, 0.05) is 30.8 Å². The van der Waals surface area contributed by atoms with E-state index in [4.69, 9.17) is 14.8 Å². The Hall–Kier alpha value is -2.79. The SMILES string of the molecule is CCCOC1CCN(c2nnc(-c3ccc(CCC)cc3)c(-c3ccccc3CCC)n2)C1. The van der Waals surface area contributed by atoms with E-state index in [-0.39, 0.29) is 6.10 Å². The third-order valence-electron chi connectivity index (χ3n) is 6.22. The zero-order valence-electron chi connectivity index (χ0n) is 20.3. The van der Waals surface area contributed by atoms with Crippen LogP contribution in [0.5, 0.6) is 0 Å². The second-order valence-corrected chi connectivity index (χ2v) is 8.89. The highest BCUT2D eigenvalue weighted by molar-refractivity contribution is 5.80. The van der Waals surface area contributed by atoms with E-state index in [2.05, 4.69) is 79.3 Å². The smallest absolute Gasteiger partial charge is 0.246 e. The summed E-state index contributed by atoms with van der Waals surface area (Å²) in [6.45, 7) is 9.10. The molecule has 0 saturated carbocycles. The van der Waals surface area contributed by atoms with E-state index in [0.717, 1.165) is 80.7 Å². The van der Waals surface area contributed by atoms with Gasteiger partial charge in [-0.1, -0.05) is 82.1 Å². The molecule has 3 aromatic rings. The van der Waals surface area contributed by atoms with E-state index >= 15 is 0 Å². The molecule has 174 valence electrons. The maximum atomic E-state index is 5.98. The molecule has 1 unspecified atom stereocenters. The highest BCUT2D eigenvalue weighted by atomic mass is 16.5. The van der Waals surface area contributed by atoms with Gasteiger partial charge in [-0.15, -0.1) is 10.2 Å². The number of benzene rings is 2. The van der Waals surface area contributed by atoms with Crippen LogP contribution in [0.2, 0.25) is 0 Å². The minimum atomic E-state index is 0.246. The molecular formula is C28H36N4O. The first-order valence-corrected chi connectivity index (χ1v) is 12.5. The van der Waals surface area contributed by atoms with Crippen molar-refractivity contribution in [2.45, 2.75) is 65.4 Å². The summed E-state index contributed by atoms with van der Waals surface area (Å²) in [4.78, 5) is 7.33. The molecule has 1 aromatic heterocycles. The van der Waals surface area contributed by atoms with Crippen LogP contribution in [0.3, 0.4) is 0 Å². The van der Waals surface area contributed by atoms with Gasteiger partial charge in [0.15, 0.2) is 0 Å². The molecule has 33 heavy (non-hydrogen) atoms. The zero-order chi connectivity index (χ0) is 23.0. The molecule has 0 aliphatic carbocycles. The summed E-state index contributed by atoms with van der Waals surface area (Å²) in [6.07, 6.45) is 6.63. The van der Waals surface area contributed by atoms with Gasteiger partial charge >= 0.3 is 0 Å². The predicted octanol–water partition coefficient (Wildman–Crippen LogP) is 6.12. The van der Waals surface area contributed by atoms with Crippen LogP contribution in [0.1, 0.15) is 57.6 Å². The van der Waals surface area contributed by atoms with E-state index in [1.54, 1.807) is 0 Å². The van der Waals surface area contributed by atoms with Gasteiger partial charge in [-0.2, -0.15) is 0 Å². The Balaban J connectivity index is 1.73. The first-order valence-electron chi connectivity index (χ1n) is 12.5. The first-order chi connectivity index (χ1) is 16.2. The number of anilines is 1. The number of hydrogen-bond donors (Lipinski definition) is 0. The summed E-state index contributed by atoms with van der Waals surface area (Å²) in [7, 11) is 0. The molecular weight excluding hydrogens is 408 g/mol. The molecule has 5 heteroatoms. The van der Waals surface area contributed by atoms with Crippen LogP contribution >= 0.6 is 0 Å². The Morgan fingerprint density at radius 1 is 0.879 bits per heavy atom. The van der Waals surface area contributed by atoms with Gasteiger partial charge in [0.2, 0.25) is 5.95 Å². The second kappa shape index (κ2) is 11.4. The normalized spacial score (nSPS) is 15.8. The topological polar surface area (TPSA) is 51.1 Å². The number of hydrogen-bond acceptors (Lipinski definition) is 5. The van der Waals surface area contributed by atoms with Gasteiger partial charge in [0.25, 0.3) is 0 Å². The number of aryl methyl sites for hydroxylation is 2. The summed E-state index contributed by atoms with van der Waals surface area (Å²) >= 11 is 0. The Labute approximate surface area is 198 Å². The third-order valence-corrected chi connectivity index (χ3v) is 6.22. The maximum Gasteiger partial charge on any atom is 0.246 e. The van der Waals surface area contributed by atoms with Crippen LogP contribution in [-0.4, -0.2) is 41.0 Å². The van der Waals surface area contributed by atoms with Crippen molar-refractivity contribution in [2.75, 3.05) is 24.6 Å². The van der Waals surface area contributed by atoms with Crippen molar-refractivity contribution in [2.24, 2.45) is 0 Å². The zero-order valence-corrected chi connectivity index (χ0v) is 20.3. The van der Waals surface area contributed by atoms with Crippen LogP contribution in [-0.2, 0) is 17.6 Å². The molecule has 0 radical (unpaired) electrons. The quantitative estimate of drug-likeness (QED) is 0.377. The minimum absolute atomic E-state index is 0.246. The molecule has 1 atom stereocenters. The Morgan fingerprint density at radius 2 is 1.67 bits per heavy atom. The molecule has 1 aliphatic rings. The molecule has 0 amide bonds. The van der Waals surface area contributed by atoms with E-state index in [0.29, 0.717) is 5.95 Å². The van der Waals surface area contributed by atoms with Gasteiger partial charge in [-0.25, -0.2) is 4.98 Å². The predicted molar refractivity (Wildman–Crippen MR) is 136 cm³/mol. The summed E-state index contributed by atoms with van der Waals surface area (Å²) < 4.78 is 5.98. The van der Waals surface area contributed by atoms with Gasteiger partial charge in [-0.3, -0.25) is 0 Å². The van der Waals surface area contributed by atoms with Crippen molar-refractivity contribution in [1.29, 1.82) is 0 Å². The van der Waals surface area contributed by atoms with Crippen LogP contribution < -0.4 is 4.90 Å². The number of rotatable bonds is 10. The lowest BCUT2D eigenvalue weighted by Gasteiger charge is -2.19. The van der Waals surface area contributed by atoms with Gasteiger partial charge in [0.1, 0.15) is 11.4 Å². The largest absolute Gasteiger partial charge is 0.376 e. The summed E-state index contributed by atoms with van der Waals surface area (Å²) in [5.41, 5.74) is 6.64. The fraction of sp³-hybridized carbons (Fsp3) is 0.464. The molecule has 4 rings (SSSR count). The first kappa shape index (κ1) is 23.4. The average Bonchev–Trinajstić information content (AvgIpc) is 3.33. The maximum absolute atomic E-state index is 5.98. The number of aromatic nitrogens is 3. The molecule has 2 aromatic carbocycles. The van der Waals surface area contributed by atoms with Crippen molar-refractivity contribution in [1.82, 2.24) is 15.2 Å². The van der Waals surface area contributed by atoms with Gasteiger partial charge in [-0.05, 0) is 36.8 Å². The van der Waals surface area contributed by atoms with Crippen LogP contribution in [0.25, 0.3) is 22.5 Å². The highest BCUT2D eigenvalue weighted by Gasteiger charge is 2.26. The molecule has 2 heterocycles. The van der Waals surface area contributed by atoms with E-state index in [1.807, 2.05) is 0 Å². The van der Waals surface area contributed by atoms with Gasteiger partial charge < -0.3 is 9.64 Å². The third kappa shape index (κ3) is 5.59. The molecule has 0 bridgehead atoms. The Morgan fingerprint density at radius 3 is 2.42 bits per heavy atom. The lowest BCUT2D eigenvalue weighted by Crippen LogP contribution is -2.25. The lowest BCUT2D eigenvalue weighted by atomic mass is 9.97. The van der Waals surface area contributed by atoms with Crippen LogP contribution in [0.15, 0.2) is 48.5 Å². The molecule has 1 aliphatic heterocycles. The highest BCUT2D eigenvalue weighted by Crippen LogP contribution is 2.33. The monoisotopic (exact) mass is 444 g/mol. The van der Waals surface area contributed by atoms with Crippen molar-refractivity contribution < 1.29 is 4.74 Å². The lowest BCUT2D eigenvalue weighted by molar-refractivity contribution is 0.0687. The Bertz CT molecular complexity index is 1030. The fourth-order valence-electron chi connectivity index (χ4n) is 4.52. The van der Waals surface area contributed by atoms with Crippen LogP contribution in [0.4, 0.5) is 5.95 Å². The van der Waals surface area contributed by atoms with Crippen LogP contribution in [0, 0.1) is 0 Å². The average molecular weight is 445 g/mol. The summed E-state index contributed by atoms with van der Waals surface area (Å²) in [5, 5.41) is 9.32. The van der Waals surface area contributed by atoms with Crippen molar-refractivity contribution in [3.63, 3.8) is 0 Å². The van der Waals surface area contributed by atoms with E-state index < -0.39 is 0 Å². The molecule has 5 nitrogen and oxygen atoms in total. The second-order valence-electron chi connectivity index (χ2n) is 8.89. The van der Waals surface area contributed by atoms with Crippen molar-refractivity contribution in [3.8, 4) is 22.5 Å². The molecule has 1 saturated heterocycles. The van der Waals surface area contributed by atoms with Crippen molar-refractivity contribution >= 4 is 5.95 Å². The Kier molecular flexibility index (Phi) is 8.05. The van der Waals surface area contributed by atoms with Gasteiger partial charge in [0.05, 0.1) is 6.10 Å². The standard InChI is InChI=1S/C28H36N4O/c1-4-9-21-13-15-23(16-14-21)26-27(25-12-8-7-11-22(25)10-5-2)29-28(31-30-26)32-18-17-24(20-32)33-19-6-3/h7-8,11-16,24H,4-6,9-10,17-20H2,1-3H3. The number of ether oxygens (including phenoxy) is 1. The molecule has 0 N–H and O–H groups in total. The fourth-order valence-corrected chi connectivity index (χ4v) is 4.52.